The number of benzene rings is 1. The summed E-state index contributed by atoms with van der Waals surface area (Å²) in [6, 6.07) is 3.78. The fourth-order valence-electron chi connectivity index (χ4n) is 1.54. The molecular weight excluding hydrogens is 283 g/mol. The van der Waals surface area contributed by atoms with Crippen LogP contribution in [0.25, 0.3) is 0 Å². The molecule has 0 aromatic heterocycles. The molecule has 0 aliphatic heterocycles. The molecule has 6 heteroatoms. The molecule has 0 aliphatic rings. The lowest BCUT2D eigenvalue weighted by atomic mass is 10.1. The van der Waals surface area contributed by atoms with E-state index in [0.29, 0.717) is 11.3 Å². The van der Waals surface area contributed by atoms with Crippen LogP contribution in [0.2, 0.25) is 0 Å². The van der Waals surface area contributed by atoms with E-state index >= 15 is 0 Å². The summed E-state index contributed by atoms with van der Waals surface area (Å²) in [5.41, 5.74) is 0.304. The highest BCUT2D eigenvalue weighted by Gasteiger charge is 2.28. The second kappa shape index (κ2) is 6.10. The lowest BCUT2D eigenvalue weighted by Gasteiger charge is -2.20. The monoisotopic (exact) mass is 304 g/mol. The van der Waals surface area contributed by atoms with Crippen LogP contribution in [0.5, 0.6) is 5.75 Å². The van der Waals surface area contributed by atoms with Gasteiger partial charge in [-0.15, -0.1) is 0 Å². The van der Waals surface area contributed by atoms with Crippen LogP contribution in [-0.2, 0) is 9.84 Å². The van der Waals surface area contributed by atoms with Crippen molar-refractivity contribution in [2.24, 2.45) is 0 Å². The van der Waals surface area contributed by atoms with Crippen molar-refractivity contribution in [1.82, 2.24) is 0 Å². The van der Waals surface area contributed by atoms with Gasteiger partial charge in [-0.1, -0.05) is 0 Å². The fourth-order valence-corrected chi connectivity index (χ4v) is 2.46. The van der Waals surface area contributed by atoms with Crippen molar-refractivity contribution in [3.8, 4) is 5.75 Å². The number of hydrogen-bond acceptors (Lipinski definition) is 4. The zero-order chi connectivity index (χ0) is 15.6. The van der Waals surface area contributed by atoms with E-state index in [-0.39, 0.29) is 12.4 Å². The average molecular weight is 304 g/mol. The maximum Gasteiger partial charge on any atom is 0.158 e. The molecule has 1 rings (SSSR count). The molecule has 0 aliphatic carbocycles. The molecule has 1 N–H and O–H groups in total. The Morgan fingerprint density at radius 1 is 1.35 bits per heavy atom. The van der Waals surface area contributed by atoms with E-state index in [2.05, 4.69) is 0 Å². The van der Waals surface area contributed by atoms with Gasteiger partial charge in [0.25, 0.3) is 0 Å². The quantitative estimate of drug-likeness (QED) is 0.907. The van der Waals surface area contributed by atoms with E-state index in [4.69, 9.17) is 4.74 Å². The van der Waals surface area contributed by atoms with Crippen LogP contribution in [0.1, 0.15) is 39.4 Å². The average Bonchev–Trinajstić information content (AvgIpc) is 2.29. The Hall–Kier alpha value is -1.14. The number of rotatable bonds is 5. The molecule has 0 heterocycles. The molecule has 0 unspecified atom stereocenters. The minimum atomic E-state index is -3.27. The van der Waals surface area contributed by atoms with Gasteiger partial charge in [-0.2, -0.15) is 0 Å². The minimum absolute atomic E-state index is 0.0368. The van der Waals surface area contributed by atoms with E-state index in [1.807, 2.05) is 0 Å². The van der Waals surface area contributed by atoms with Crippen LogP contribution >= 0.6 is 0 Å². The van der Waals surface area contributed by atoms with Crippen LogP contribution in [-0.4, -0.2) is 30.6 Å². The Bertz CT molecular complexity index is 559. The number of hydrogen-bond donors (Lipinski definition) is 1. The molecule has 0 saturated carbocycles. The van der Waals surface area contributed by atoms with E-state index in [0.717, 1.165) is 0 Å². The van der Waals surface area contributed by atoms with Crippen molar-refractivity contribution in [2.75, 3.05) is 12.4 Å². The zero-order valence-corrected chi connectivity index (χ0v) is 13.0. The fraction of sp³-hybridized carbons (Fsp3) is 0.571. The van der Waals surface area contributed by atoms with Gasteiger partial charge in [0.15, 0.2) is 9.84 Å². The SMILES string of the molecule is C[C@H](O)c1cc(F)ccc1OCCS(=O)(=O)C(C)(C)C. The largest absolute Gasteiger partial charge is 0.492 e. The molecular formula is C14H21FO4S. The van der Waals surface area contributed by atoms with Gasteiger partial charge in [-0.25, -0.2) is 12.8 Å². The van der Waals surface area contributed by atoms with Crippen LogP contribution in [0, 0.1) is 5.82 Å². The Labute approximate surface area is 119 Å². The first-order valence-electron chi connectivity index (χ1n) is 6.37. The third-order valence-corrected chi connectivity index (χ3v) is 5.53. The summed E-state index contributed by atoms with van der Waals surface area (Å²) in [4.78, 5) is 0. The molecule has 0 saturated heterocycles. The van der Waals surface area contributed by atoms with Crippen LogP contribution in [0.15, 0.2) is 18.2 Å². The van der Waals surface area contributed by atoms with Crippen molar-refractivity contribution in [1.29, 1.82) is 0 Å². The molecule has 0 spiro atoms. The summed E-state index contributed by atoms with van der Waals surface area (Å²) in [5, 5.41) is 9.55. The smallest absolute Gasteiger partial charge is 0.158 e. The van der Waals surface area contributed by atoms with Gasteiger partial charge in [-0.3, -0.25) is 0 Å². The lowest BCUT2D eigenvalue weighted by Crippen LogP contribution is -2.32. The van der Waals surface area contributed by atoms with Crippen molar-refractivity contribution < 1.29 is 22.7 Å². The third-order valence-electron chi connectivity index (χ3n) is 2.96. The number of aliphatic hydroxyl groups excluding tert-OH is 1. The Morgan fingerprint density at radius 3 is 2.45 bits per heavy atom. The summed E-state index contributed by atoms with van der Waals surface area (Å²) in [7, 11) is -3.27. The topological polar surface area (TPSA) is 63.6 Å². The summed E-state index contributed by atoms with van der Waals surface area (Å²) < 4.78 is 41.5. The molecule has 0 amide bonds. The molecule has 114 valence electrons. The van der Waals surface area contributed by atoms with Crippen molar-refractivity contribution in [3.05, 3.63) is 29.6 Å². The Balaban J connectivity index is 2.77. The molecule has 1 aromatic carbocycles. The van der Waals surface area contributed by atoms with Gasteiger partial charge >= 0.3 is 0 Å². The highest BCUT2D eigenvalue weighted by atomic mass is 32.2. The number of ether oxygens (including phenoxy) is 1. The number of halogens is 1. The molecule has 1 aromatic rings. The predicted molar refractivity (Wildman–Crippen MR) is 76.1 cm³/mol. The molecule has 4 nitrogen and oxygen atoms in total. The van der Waals surface area contributed by atoms with Gasteiger partial charge in [0.05, 0.1) is 16.6 Å². The van der Waals surface area contributed by atoms with Gasteiger partial charge < -0.3 is 9.84 Å². The predicted octanol–water partition coefficient (Wildman–Crippen LogP) is 2.47. The van der Waals surface area contributed by atoms with E-state index in [1.54, 1.807) is 20.8 Å². The second-order valence-electron chi connectivity index (χ2n) is 5.64. The number of aliphatic hydroxyl groups is 1. The van der Waals surface area contributed by atoms with Crippen molar-refractivity contribution in [3.63, 3.8) is 0 Å². The summed E-state index contributed by atoms with van der Waals surface area (Å²) in [6.07, 6.45) is -0.889. The van der Waals surface area contributed by atoms with Crippen LogP contribution in [0.4, 0.5) is 4.39 Å². The normalized spacial score (nSPS) is 14.1. The van der Waals surface area contributed by atoms with E-state index in [9.17, 15) is 17.9 Å². The van der Waals surface area contributed by atoms with Crippen molar-refractivity contribution >= 4 is 9.84 Å². The maximum absolute atomic E-state index is 13.1. The molecule has 20 heavy (non-hydrogen) atoms. The molecule has 0 fully saturated rings. The highest BCUT2D eigenvalue weighted by molar-refractivity contribution is 7.92. The summed E-state index contributed by atoms with van der Waals surface area (Å²) in [6.45, 7) is 6.34. The third kappa shape index (κ3) is 4.18. The molecule has 0 radical (unpaired) electrons. The number of sulfone groups is 1. The first kappa shape index (κ1) is 16.9. The van der Waals surface area contributed by atoms with E-state index < -0.39 is 26.5 Å². The van der Waals surface area contributed by atoms with Gasteiger partial charge in [0, 0.05) is 5.56 Å². The molecule has 1 atom stereocenters. The van der Waals surface area contributed by atoms with Gasteiger partial charge in [-0.05, 0) is 45.9 Å². The van der Waals surface area contributed by atoms with Crippen LogP contribution in [0.3, 0.4) is 0 Å². The maximum atomic E-state index is 13.1. The van der Waals surface area contributed by atoms with Gasteiger partial charge in [0.2, 0.25) is 0 Å². The standard InChI is InChI=1S/C14H21FO4S/c1-10(16)12-9-11(15)5-6-13(12)19-7-8-20(17,18)14(2,3)4/h5-6,9-10,16H,7-8H2,1-4H3/t10-/m0/s1. The summed E-state index contributed by atoms with van der Waals surface area (Å²) >= 11 is 0. The van der Waals surface area contributed by atoms with Crippen molar-refractivity contribution in [2.45, 2.75) is 38.5 Å². The molecule has 0 bridgehead atoms. The zero-order valence-electron chi connectivity index (χ0n) is 12.2. The minimum Gasteiger partial charge on any atom is -0.492 e. The van der Waals surface area contributed by atoms with Crippen LogP contribution < -0.4 is 4.74 Å². The van der Waals surface area contributed by atoms with Gasteiger partial charge in [0.1, 0.15) is 18.2 Å². The highest BCUT2D eigenvalue weighted by Crippen LogP contribution is 2.26. The Morgan fingerprint density at radius 2 is 1.95 bits per heavy atom. The van der Waals surface area contributed by atoms with E-state index in [1.165, 1.54) is 25.1 Å². The first-order chi connectivity index (χ1) is 9.04. The lowest BCUT2D eigenvalue weighted by molar-refractivity contribution is 0.191. The first-order valence-corrected chi connectivity index (χ1v) is 8.02. The Kier molecular flexibility index (Phi) is 5.15. The second-order valence-corrected chi connectivity index (χ2v) is 8.50. The summed E-state index contributed by atoms with van der Waals surface area (Å²) in [5.74, 6) is -0.311.